The number of ether oxygens (including phenoxy) is 2. The van der Waals surface area contributed by atoms with Crippen molar-refractivity contribution in [3.05, 3.63) is 0 Å². The summed E-state index contributed by atoms with van der Waals surface area (Å²) in [6.07, 6.45) is 66.7. The van der Waals surface area contributed by atoms with E-state index in [0.29, 0.717) is 26.1 Å². The van der Waals surface area contributed by atoms with E-state index in [1.165, 1.54) is 257 Å². The standard InChI is InChI=1S/C77H154N4O14P2.2Na.2H/c1-5-9-13-17-21-25-29-31-33-35-37-41-45-49-53-57-63-90-68-72(80-74(82)59-55-51-47-43-39-27-23-19-15-11-7-3)70-94-96(86,87)92-65-61-78-76(84)67-77(85)79-62-66-93-97(88,89)95-71-73(81-75(83)60-56-52-48-44-40-28-24-20-16-12-8-4)69-91-64-58-54-50-46-42-38-36-34-32-30-26-22-18-14-10-6-2;;;;/h72-73H,5-71H2,1-4H3,(H,78,84)(H,79,85)(H,80,82)(H,81,83)(H,86,87)(H,88,89);;;;/q;2*+1;2*-1/t72-,73-;;;;/m0..../s1. The normalized spacial score (nSPS) is 13.2. The molecule has 0 bridgehead atoms. The summed E-state index contributed by atoms with van der Waals surface area (Å²) in [6.45, 7) is 8.35. The van der Waals surface area contributed by atoms with Crippen LogP contribution < -0.4 is 80.4 Å². The van der Waals surface area contributed by atoms with Crippen LogP contribution in [0.3, 0.4) is 0 Å². The van der Waals surface area contributed by atoms with E-state index in [9.17, 15) is 38.1 Å². The largest absolute Gasteiger partial charge is 1.00 e. The molecule has 0 saturated carbocycles. The summed E-state index contributed by atoms with van der Waals surface area (Å²) in [4.78, 5) is 72.3. The molecule has 0 aromatic carbocycles. The number of carbonyl (C=O) groups excluding carboxylic acids is 4. The van der Waals surface area contributed by atoms with Gasteiger partial charge >= 0.3 is 74.8 Å². The molecule has 0 spiro atoms. The molecule has 4 amide bonds. The molecule has 0 saturated heterocycles. The van der Waals surface area contributed by atoms with Crippen molar-refractivity contribution in [2.24, 2.45) is 0 Å². The fourth-order valence-electron chi connectivity index (χ4n) is 12.1. The number of hydrogen-bond acceptors (Lipinski definition) is 12. The van der Waals surface area contributed by atoms with Crippen molar-refractivity contribution in [2.75, 3.05) is 65.9 Å². The Balaban J connectivity index is -0.00000768. The van der Waals surface area contributed by atoms with Crippen molar-refractivity contribution < 1.29 is 128 Å². The zero-order valence-corrected chi connectivity index (χ0v) is 71.0. The molecule has 0 aliphatic carbocycles. The van der Waals surface area contributed by atoms with Crippen molar-refractivity contribution in [3.63, 3.8) is 0 Å². The third kappa shape index (κ3) is 80.4. The van der Waals surface area contributed by atoms with Crippen molar-refractivity contribution in [3.8, 4) is 0 Å². The Labute approximate surface area is 654 Å². The number of amides is 4. The fraction of sp³-hybridized carbons (Fsp3) is 0.948. The van der Waals surface area contributed by atoms with E-state index in [-0.39, 0.29) is 113 Å². The van der Waals surface area contributed by atoms with E-state index in [4.69, 9.17) is 27.6 Å². The second-order valence-corrected chi connectivity index (χ2v) is 30.8. The Morgan fingerprint density at radius 3 is 0.737 bits per heavy atom. The van der Waals surface area contributed by atoms with E-state index in [2.05, 4.69) is 49.0 Å². The first-order chi connectivity index (χ1) is 47.3. The van der Waals surface area contributed by atoms with Gasteiger partial charge < -0.3 is 43.4 Å². The van der Waals surface area contributed by atoms with E-state index in [0.717, 1.165) is 89.9 Å². The summed E-state index contributed by atoms with van der Waals surface area (Å²) in [5.74, 6) is -1.73. The van der Waals surface area contributed by atoms with Crippen LogP contribution in [0, 0.1) is 0 Å². The minimum absolute atomic E-state index is 0. The first-order valence-electron chi connectivity index (χ1n) is 40.8. The number of phosphoric acid groups is 2. The van der Waals surface area contributed by atoms with Gasteiger partial charge in [0.1, 0.15) is 6.42 Å². The van der Waals surface area contributed by atoms with Gasteiger partial charge in [0.2, 0.25) is 23.6 Å². The molecule has 0 fully saturated rings. The Hall–Kier alpha value is 0.0200. The Kier molecular flexibility index (Phi) is 84.0. The first-order valence-corrected chi connectivity index (χ1v) is 43.8. The van der Waals surface area contributed by atoms with Crippen LogP contribution in [-0.4, -0.2) is 111 Å². The average Bonchev–Trinajstić information content (AvgIpc) is 0.984. The molecule has 0 aromatic heterocycles. The van der Waals surface area contributed by atoms with E-state index >= 15 is 0 Å². The first kappa shape index (κ1) is 103. The molecule has 2 unspecified atom stereocenters. The maximum atomic E-state index is 13.0. The number of phosphoric ester groups is 2. The van der Waals surface area contributed by atoms with Gasteiger partial charge in [-0.2, -0.15) is 0 Å². The molecular weight excluding hydrogens is 1310 g/mol. The van der Waals surface area contributed by atoms with E-state index in [1.54, 1.807) is 0 Å². The van der Waals surface area contributed by atoms with Crippen molar-refractivity contribution in [1.29, 1.82) is 0 Å². The van der Waals surface area contributed by atoms with Crippen LogP contribution >= 0.6 is 15.6 Å². The number of carbonyl (C=O) groups is 4. The average molecular weight is 1470 g/mol. The molecule has 0 aliphatic rings. The second kappa shape index (κ2) is 80.6. The van der Waals surface area contributed by atoms with Crippen LogP contribution in [-0.2, 0) is 55.9 Å². The van der Waals surface area contributed by atoms with Gasteiger partial charge in [-0.05, 0) is 25.7 Å². The van der Waals surface area contributed by atoms with Gasteiger partial charge in [0.15, 0.2) is 0 Å². The zero-order valence-electron chi connectivity index (χ0n) is 67.2. The predicted octanol–water partition coefficient (Wildman–Crippen LogP) is 15.0. The summed E-state index contributed by atoms with van der Waals surface area (Å²) in [5.41, 5.74) is 0. The Morgan fingerprint density at radius 2 is 0.505 bits per heavy atom. The summed E-state index contributed by atoms with van der Waals surface area (Å²) in [6, 6.07) is -1.36. The maximum Gasteiger partial charge on any atom is 1.00 e. The molecule has 0 aliphatic heterocycles. The van der Waals surface area contributed by atoms with E-state index in [1.807, 2.05) is 0 Å². The van der Waals surface area contributed by atoms with Crippen LogP contribution in [0.25, 0.3) is 0 Å². The molecule has 22 heteroatoms. The van der Waals surface area contributed by atoms with Crippen LogP contribution in [0.4, 0.5) is 0 Å². The second-order valence-electron chi connectivity index (χ2n) is 27.9. The number of unbranched alkanes of at least 4 members (excludes halogenated alkanes) is 50. The number of rotatable bonds is 80. The molecule has 6 N–H and O–H groups in total. The van der Waals surface area contributed by atoms with Crippen molar-refractivity contribution in [1.82, 2.24) is 21.3 Å². The molecule has 99 heavy (non-hydrogen) atoms. The molecule has 580 valence electrons. The predicted molar refractivity (Wildman–Crippen MR) is 403 cm³/mol. The maximum absolute atomic E-state index is 13.0. The molecular formula is C77H156N4Na2O14P2. The smallest absolute Gasteiger partial charge is 1.00 e. The van der Waals surface area contributed by atoms with Crippen molar-refractivity contribution in [2.45, 2.75) is 406 Å². The number of hydrogen-bond donors (Lipinski definition) is 6. The number of nitrogens with one attached hydrogen (secondary N) is 4. The van der Waals surface area contributed by atoms with Gasteiger partial charge in [-0.15, -0.1) is 0 Å². The van der Waals surface area contributed by atoms with Gasteiger partial charge in [0, 0.05) is 39.1 Å². The van der Waals surface area contributed by atoms with Crippen LogP contribution in [0.2, 0.25) is 0 Å². The van der Waals surface area contributed by atoms with Crippen LogP contribution in [0.5, 0.6) is 0 Å². The summed E-state index contributed by atoms with van der Waals surface area (Å²) in [5, 5.41) is 10.8. The molecule has 0 heterocycles. The SMILES string of the molecule is CCCCCCCCCCCCCCCCCCOC[C@@H](COP(=O)(O)OCCNC(=O)CC(=O)NCCOP(=O)(O)OC[C@H](COCCCCCCCCCCCCCCCCCC)NC(=O)CCCCCCCCCCCCC)NC(=O)CCCCCCCCCCCCC.[H-].[H-].[Na+].[Na+]. The zero-order chi connectivity index (χ0) is 70.9. The molecule has 0 aromatic rings. The van der Waals surface area contributed by atoms with Crippen LogP contribution in [0.15, 0.2) is 0 Å². The molecule has 4 atom stereocenters. The third-order valence-electron chi connectivity index (χ3n) is 18.2. The van der Waals surface area contributed by atoms with Crippen LogP contribution in [0.1, 0.15) is 397 Å². The monoisotopic (exact) mass is 1470 g/mol. The third-order valence-corrected chi connectivity index (χ3v) is 20.2. The minimum atomic E-state index is -4.61. The van der Waals surface area contributed by atoms with Gasteiger partial charge in [-0.1, -0.05) is 349 Å². The van der Waals surface area contributed by atoms with Gasteiger partial charge in [-0.25, -0.2) is 9.13 Å². The summed E-state index contributed by atoms with van der Waals surface area (Å²) < 4.78 is 58.6. The summed E-state index contributed by atoms with van der Waals surface area (Å²) >= 11 is 0. The van der Waals surface area contributed by atoms with Crippen molar-refractivity contribution >= 4 is 39.3 Å². The minimum Gasteiger partial charge on any atom is -1.00 e. The van der Waals surface area contributed by atoms with Gasteiger partial charge in [0.25, 0.3) is 0 Å². The Morgan fingerprint density at radius 1 is 0.293 bits per heavy atom. The quantitative estimate of drug-likeness (QED) is 0.0144. The van der Waals surface area contributed by atoms with E-state index < -0.39 is 59.2 Å². The van der Waals surface area contributed by atoms with Gasteiger partial charge in [-0.3, -0.25) is 37.3 Å². The molecule has 18 nitrogen and oxygen atoms in total. The van der Waals surface area contributed by atoms with Gasteiger partial charge in [0.05, 0.1) is 51.7 Å². The molecule has 0 rings (SSSR count). The Bertz CT molecular complexity index is 1740. The summed E-state index contributed by atoms with van der Waals surface area (Å²) in [7, 11) is -9.23. The fourth-order valence-corrected chi connectivity index (χ4v) is 13.7. The molecule has 0 radical (unpaired) electrons. The topological polar surface area (TPSA) is 246 Å².